The lowest BCUT2D eigenvalue weighted by atomic mass is 9.76. The van der Waals surface area contributed by atoms with Gasteiger partial charge in [-0.3, -0.25) is 0 Å². The van der Waals surface area contributed by atoms with Crippen molar-refractivity contribution in [1.29, 1.82) is 0 Å². The molecule has 1 heterocycles. The molecule has 1 aliphatic carbocycles. The Morgan fingerprint density at radius 2 is 1.74 bits per heavy atom. The summed E-state index contributed by atoms with van der Waals surface area (Å²) in [5.41, 5.74) is 6.39. The number of hydrogen-bond donors (Lipinski definition) is 1. The lowest BCUT2D eigenvalue weighted by Crippen LogP contribution is -2.40. The van der Waals surface area contributed by atoms with E-state index in [2.05, 4.69) is 0 Å². The first-order chi connectivity index (χ1) is 9.21. The van der Waals surface area contributed by atoms with E-state index in [0.29, 0.717) is 30.3 Å². The second-order valence-electron chi connectivity index (χ2n) is 5.52. The van der Waals surface area contributed by atoms with E-state index in [9.17, 15) is 4.39 Å². The van der Waals surface area contributed by atoms with Gasteiger partial charge in [0.05, 0.1) is 18.8 Å². The topological polar surface area (TPSA) is 44.5 Å². The second-order valence-corrected chi connectivity index (χ2v) is 5.52. The molecule has 0 radical (unpaired) electrons. The van der Waals surface area contributed by atoms with Gasteiger partial charge in [-0.2, -0.15) is 0 Å². The fourth-order valence-electron chi connectivity index (χ4n) is 3.11. The monoisotopic (exact) mass is 265 g/mol. The molecular formula is C15H20FNO2. The predicted octanol–water partition coefficient (Wildman–Crippen LogP) is 3.11. The number of benzene rings is 1. The standard InChI is InChI=1S/C15H20FNO2/c16-11-5-6-12-14(19-10-4-9-18-12)13(11)15(17)7-2-1-3-8-15/h5-6H,1-4,7-10,17H2. The molecular weight excluding hydrogens is 245 g/mol. The first kappa shape index (κ1) is 12.7. The van der Waals surface area contributed by atoms with Crippen LogP contribution in [0.1, 0.15) is 44.1 Å². The maximum Gasteiger partial charge on any atom is 0.169 e. The van der Waals surface area contributed by atoms with Gasteiger partial charge in [-0.1, -0.05) is 19.3 Å². The summed E-state index contributed by atoms with van der Waals surface area (Å²) in [5, 5.41) is 0. The highest BCUT2D eigenvalue weighted by Gasteiger charge is 2.36. The van der Waals surface area contributed by atoms with Crippen LogP contribution in [0.5, 0.6) is 11.5 Å². The largest absolute Gasteiger partial charge is 0.490 e. The molecule has 1 saturated carbocycles. The van der Waals surface area contributed by atoms with Crippen LogP contribution in [0.2, 0.25) is 0 Å². The van der Waals surface area contributed by atoms with Gasteiger partial charge in [0.2, 0.25) is 0 Å². The Labute approximate surface area is 112 Å². The molecule has 104 valence electrons. The zero-order valence-corrected chi connectivity index (χ0v) is 11.1. The summed E-state index contributed by atoms with van der Waals surface area (Å²) in [6.45, 7) is 1.16. The van der Waals surface area contributed by atoms with Crippen LogP contribution in [0, 0.1) is 5.82 Å². The third-order valence-electron chi connectivity index (χ3n) is 4.11. The number of fused-ring (bicyclic) bond motifs is 1. The summed E-state index contributed by atoms with van der Waals surface area (Å²) in [5.74, 6) is 0.889. The molecule has 0 aromatic heterocycles. The summed E-state index contributed by atoms with van der Waals surface area (Å²) in [4.78, 5) is 0. The van der Waals surface area contributed by atoms with E-state index in [-0.39, 0.29) is 5.82 Å². The molecule has 19 heavy (non-hydrogen) atoms. The molecule has 2 aliphatic rings. The lowest BCUT2D eigenvalue weighted by Gasteiger charge is -2.35. The van der Waals surface area contributed by atoms with Crippen LogP contribution in [0.3, 0.4) is 0 Å². The molecule has 0 saturated heterocycles. The van der Waals surface area contributed by atoms with Crippen LogP contribution >= 0.6 is 0 Å². The first-order valence-corrected chi connectivity index (χ1v) is 7.08. The van der Waals surface area contributed by atoms with Gasteiger partial charge in [0.15, 0.2) is 11.5 Å². The zero-order chi connectivity index (χ0) is 13.3. The predicted molar refractivity (Wildman–Crippen MR) is 71.0 cm³/mol. The third-order valence-corrected chi connectivity index (χ3v) is 4.11. The smallest absolute Gasteiger partial charge is 0.169 e. The number of hydrogen-bond acceptors (Lipinski definition) is 3. The average molecular weight is 265 g/mol. The third kappa shape index (κ3) is 2.29. The zero-order valence-electron chi connectivity index (χ0n) is 11.1. The molecule has 3 rings (SSSR count). The van der Waals surface area contributed by atoms with Crippen molar-refractivity contribution in [2.45, 2.75) is 44.1 Å². The maximum absolute atomic E-state index is 14.3. The van der Waals surface area contributed by atoms with Gasteiger partial charge in [0.25, 0.3) is 0 Å². The van der Waals surface area contributed by atoms with E-state index in [1.807, 2.05) is 0 Å². The van der Waals surface area contributed by atoms with E-state index >= 15 is 0 Å². The lowest BCUT2D eigenvalue weighted by molar-refractivity contribution is 0.264. The Kier molecular flexibility index (Phi) is 3.35. The first-order valence-electron chi connectivity index (χ1n) is 7.08. The summed E-state index contributed by atoms with van der Waals surface area (Å²) in [6.07, 6.45) is 5.69. The molecule has 0 spiro atoms. The molecule has 1 aromatic carbocycles. The van der Waals surface area contributed by atoms with E-state index in [1.54, 1.807) is 6.07 Å². The minimum atomic E-state index is -0.610. The molecule has 1 aliphatic heterocycles. The summed E-state index contributed by atoms with van der Waals surface area (Å²) < 4.78 is 25.7. The molecule has 3 nitrogen and oxygen atoms in total. The quantitative estimate of drug-likeness (QED) is 0.848. The van der Waals surface area contributed by atoms with Crippen LogP contribution < -0.4 is 15.2 Å². The molecule has 1 aromatic rings. The number of halogens is 1. The van der Waals surface area contributed by atoms with Crippen molar-refractivity contribution in [3.8, 4) is 11.5 Å². The van der Waals surface area contributed by atoms with Gasteiger partial charge in [0, 0.05) is 12.0 Å². The van der Waals surface area contributed by atoms with E-state index in [4.69, 9.17) is 15.2 Å². The Morgan fingerprint density at radius 1 is 1.00 bits per heavy atom. The average Bonchev–Trinajstić information content (AvgIpc) is 2.64. The summed E-state index contributed by atoms with van der Waals surface area (Å²) >= 11 is 0. The van der Waals surface area contributed by atoms with Gasteiger partial charge in [0.1, 0.15) is 5.82 Å². The SMILES string of the molecule is NC1(c2c(F)ccc3c2OCCCO3)CCCCC1. The highest BCUT2D eigenvalue weighted by atomic mass is 19.1. The van der Waals surface area contributed by atoms with Crippen LogP contribution in [0.4, 0.5) is 4.39 Å². The molecule has 0 amide bonds. The molecule has 4 heteroatoms. The summed E-state index contributed by atoms with van der Waals surface area (Å²) in [6, 6.07) is 3.09. The van der Waals surface area contributed by atoms with Crippen molar-refractivity contribution in [2.75, 3.05) is 13.2 Å². The van der Waals surface area contributed by atoms with Crippen molar-refractivity contribution >= 4 is 0 Å². The van der Waals surface area contributed by atoms with Crippen molar-refractivity contribution in [3.05, 3.63) is 23.5 Å². The Bertz CT molecular complexity index is 469. The molecule has 0 unspecified atom stereocenters. The van der Waals surface area contributed by atoms with Gasteiger partial charge < -0.3 is 15.2 Å². The fourth-order valence-corrected chi connectivity index (χ4v) is 3.11. The van der Waals surface area contributed by atoms with Gasteiger partial charge in [-0.05, 0) is 25.0 Å². The molecule has 2 N–H and O–H groups in total. The fraction of sp³-hybridized carbons (Fsp3) is 0.600. The molecule has 0 atom stereocenters. The number of ether oxygens (including phenoxy) is 2. The van der Waals surface area contributed by atoms with E-state index in [0.717, 1.165) is 32.1 Å². The minimum absolute atomic E-state index is 0.270. The highest BCUT2D eigenvalue weighted by molar-refractivity contribution is 5.51. The van der Waals surface area contributed by atoms with Crippen LogP contribution in [0.15, 0.2) is 12.1 Å². The van der Waals surface area contributed by atoms with Gasteiger partial charge >= 0.3 is 0 Å². The van der Waals surface area contributed by atoms with Crippen molar-refractivity contribution in [2.24, 2.45) is 5.73 Å². The normalized spacial score (nSPS) is 21.8. The van der Waals surface area contributed by atoms with Crippen LogP contribution in [-0.2, 0) is 5.54 Å². The number of nitrogens with two attached hydrogens (primary N) is 1. The Balaban J connectivity index is 2.08. The van der Waals surface area contributed by atoms with Crippen LogP contribution in [-0.4, -0.2) is 13.2 Å². The summed E-state index contributed by atoms with van der Waals surface area (Å²) in [7, 11) is 0. The van der Waals surface area contributed by atoms with Gasteiger partial charge in [-0.25, -0.2) is 4.39 Å². The highest BCUT2D eigenvalue weighted by Crippen LogP contribution is 2.45. The van der Waals surface area contributed by atoms with Crippen molar-refractivity contribution < 1.29 is 13.9 Å². The van der Waals surface area contributed by atoms with E-state index < -0.39 is 5.54 Å². The Morgan fingerprint density at radius 3 is 2.53 bits per heavy atom. The Hall–Kier alpha value is -1.29. The van der Waals surface area contributed by atoms with Gasteiger partial charge in [-0.15, -0.1) is 0 Å². The minimum Gasteiger partial charge on any atom is -0.490 e. The molecule has 1 fully saturated rings. The molecule has 0 bridgehead atoms. The maximum atomic E-state index is 14.3. The van der Waals surface area contributed by atoms with Crippen LogP contribution in [0.25, 0.3) is 0 Å². The van der Waals surface area contributed by atoms with E-state index in [1.165, 1.54) is 12.5 Å². The number of rotatable bonds is 1. The van der Waals surface area contributed by atoms with Crippen molar-refractivity contribution in [1.82, 2.24) is 0 Å². The van der Waals surface area contributed by atoms with Crippen molar-refractivity contribution in [3.63, 3.8) is 0 Å². The second kappa shape index (κ2) is 5.00.